The highest BCUT2D eigenvalue weighted by Gasteiger charge is 2.13. The van der Waals surface area contributed by atoms with Crippen LogP contribution in [0, 0.1) is 0 Å². The van der Waals surface area contributed by atoms with E-state index in [9.17, 15) is 13.2 Å². The molecule has 3 aromatic rings. The van der Waals surface area contributed by atoms with E-state index in [-0.39, 0.29) is 10.8 Å². The Morgan fingerprint density at radius 2 is 1.77 bits per heavy atom. The van der Waals surface area contributed by atoms with E-state index >= 15 is 0 Å². The first kappa shape index (κ1) is 17.8. The smallest absolute Gasteiger partial charge is 0.238 e. The Hall–Kier alpha value is -2.97. The summed E-state index contributed by atoms with van der Waals surface area (Å²) in [5.41, 5.74) is 3.15. The van der Waals surface area contributed by atoms with Crippen molar-refractivity contribution in [3.05, 3.63) is 66.4 Å². The van der Waals surface area contributed by atoms with Gasteiger partial charge in [0.25, 0.3) is 0 Å². The largest absolute Gasteiger partial charge is 0.351 e. The molecule has 3 N–H and O–H groups in total. The first-order chi connectivity index (χ1) is 12.3. The van der Waals surface area contributed by atoms with E-state index in [1.807, 2.05) is 36.4 Å². The lowest BCUT2D eigenvalue weighted by molar-refractivity contribution is -0.119. The number of hydrogen-bond acceptors (Lipinski definition) is 4. The first-order valence-corrected chi connectivity index (χ1v) is 9.41. The third-order valence-electron chi connectivity index (χ3n) is 3.76. The fourth-order valence-electron chi connectivity index (χ4n) is 2.52. The second kappa shape index (κ2) is 7.11. The summed E-state index contributed by atoms with van der Waals surface area (Å²) in [6, 6.07) is 17.7. The molecule has 26 heavy (non-hydrogen) atoms. The molecule has 0 atom stereocenters. The number of carbonyl (C=O) groups is 1. The van der Waals surface area contributed by atoms with Crippen molar-refractivity contribution in [3.63, 3.8) is 0 Å². The minimum absolute atomic E-state index is 0.0353. The molecule has 3 rings (SSSR count). The first-order valence-electron chi connectivity index (χ1n) is 7.86. The molecule has 0 aliphatic rings. The van der Waals surface area contributed by atoms with E-state index in [1.165, 1.54) is 19.1 Å². The molecule has 0 spiro atoms. The second-order valence-electron chi connectivity index (χ2n) is 5.75. The molecule has 0 aliphatic carbocycles. The van der Waals surface area contributed by atoms with Crippen molar-refractivity contribution in [1.82, 2.24) is 15.1 Å². The summed E-state index contributed by atoms with van der Waals surface area (Å²) in [7, 11) is -3.75. The summed E-state index contributed by atoms with van der Waals surface area (Å²) in [5.74, 6) is -0.140. The number of hydrogen-bond donors (Lipinski definition) is 2. The van der Waals surface area contributed by atoms with Crippen LogP contribution in [-0.2, 0) is 21.4 Å². The van der Waals surface area contributed by atoms with Gasteiger partial charge in [-0.25, -0.2) is 18.2 Å². The second-order valence-corrected chi connectivity index (χ2v) is 7.31. The van der Waals surface area contributed by atoms with Crippen LogP contribution in [0.5, 0.6) is 0 Å². The van der Waals surface area contributed by atoms with Crippen LogP contribution in [0.1, 0.15) is 12.6 Å². The van der Waals surface area contributed by atoms with Crippen molar-refractivity contribution in [2.24, 2.45) is 5.14 Å². The van der Waals surface area contributed by atoms with Crippen molar-refractivity contribution >= 4 is 15.9 Å². The molecule has 1 aromatic heterocycles. The van der Waals surface area contributed by atoms with E-state index in [0.29, 0.717) is 17.9 Å². The fraction of sp³-hybridized carbons (Fsp3) is 0.111. The number of benzene rings is 2. The number of nitrogens with zero attached hydrogens (tertiary/aromatic N) is 2. The minimum atomic E-state index is -3.75. The van der Waals surface area contributed by atoms with Crippen LogP contribution in [0.15, 0.2) is 65.6 Å². The van der Waals surface area contributed by atoms with Gasteiger partial charge in [0.15, 0.2) is 0 Å². The normalized spacial score (nSPS) is 11.3. The number of carbonyl (C=O) groups excluding carboxylic acids is 1. The van der Waals surface area contributed by atoms with Gasteiger partial charge in [0.05, 0.1) is 28.5 Å². The summed E-state index contributed by atoms with van der Waals surface area (Å²) in [6.45, 7) is 1.75. The van der Waals surface area contributed by atoms with E-state index in [4.69, 9.17) is 5.14 Å². The Labute approximate surface area is 151 Å². The Kier molecular flexibility index (Phi) is 4.88. The van der Waals surface area contributed by atoms with Gasteiger partial charge in [0.1, 0.15) is 0 Å². The van der Waals surface area contributed by atoms with E-state index in [1.54, 1.807) is 16.8 Å². The third kappa shape index (κ3) is 3.98. The van der Waals surface area contributed by atoms with Crippen LogP contribution in [-0.4, -0.2) is 24.1 Å². The number of sulfonamides is 1. The summed E-state index contributed by atoms with van der Waals surface area (Å²) < 4.78 is 24.6. The molecule has 1 heterocycles. The summed E-state index contributed by atoms with van der Waals surface area (Å²) in [4.78, 5) is 11.2. The highest BCUT2D eigenvalue weighted by Crippen LogP contribution is 2.24. The number of aromatic nitrogens is 2. The maximum atomic E-state index is 11.4. The van der Waals surface area contributed by atoms with Crippen molar-refractivity contribution in [2.45, 2.75) is 18.4 Å². The number of amides is 1. The third-order valence-corrected chi connectivity index (χ3v) is 4.69. The Balaban J connectivity index is 2.05. The SMILES string of the molecule is CC(=O)NCc1cc(-c2ccccc2)n(-c2ccc(S(N)(=O)=O)cc2)n1. The van der Waals surface area contributed by atoms with Crippen LogP contribution < -0.4 is 10.5 Å². The van der Waals surface area contributed by atoms with Crippen LogP contribution in [0.3, 0.4) is 0 Å². The fourth-order valence-corrected chi connectivity index (χ4v) is 3.04. The van der Waals surface area contributed by atoms with Gasteiger partial charge in [-0.05, 0) is 30.3 Å². The molecule has 0 radical (unpaired) electrons. The monoisotopic (exact) mass is 370 g/mol. The number of nitrogens with one attached hydrogen (secondary N) is 1. The van der Waals surface area contributed by atoms with Crippen molar-refractivity contribution in [1.29, 1.82) is 0 Å². The van der Waals surface area contributed by atoms with Gasteiger partial charge in [-0.1, -0.05) is 30.3 Å². The molecular formula is C18H18N4O3S. The Morgan fingerprint density at radius 1 is 1.12 bits per heavy atom. The average molecular weight is 370 g/mol. The molecule has 8 heteroatoms. The zero-order valence-corrected chi connectivity index (χ0v) is 14.9. The lowest BCUT2D eigenvalue weighted by Gasteiger charge is -2.08. The summed E-state index contributed by atoms with van der Waals surface area (Å²) >= 11 is 0. The van der Waals surface area contributed by atoms with Crippen molar-refractivity contribution in [2.75, 3.05) is 0 Å². The minimum Gasteiger partial charge on any atom is -0.351 e. The lowest BCUT2D eigenvalue weighted by atomic mass is 10.1. The van der Waals surface area contributed by atoms with Gasteiger partial charge in [-0.15, -0.1) is 0 Å². The van der Waals surface area contributed by atoms with Gasteiger partial charge in [-0.2, -0.15) is 5.10 Å². The Bertz CT molecular complexity index is 1030. The van der Waals surface area contributed by atoms with Gasteiger partial charge >= 0.3 is 0 Å². The van der Waals surface area contributed by atoms with Crippen molar-refractivity contribution in [3.8, 4) is 16.9 Å². The number of primary sulfonamides is 1. The maximum Gasteiger partial charge on any atom is 0.238 e. The van der Waals surface area contributed by atoms with E-state index in [2.05, 4.69) is 10.4 Å². The van der Waals surface area contributed by atoms with Crippen molar-refractivity contribution < 1.29 is 13.2 Å². The molecule has 0 aliphatic heterocycles. The topological polar surface area (TPSA) is 107 Å². The highest BCUT2D eigenvalue weighted by molar-refractivity contribution is 7.89. The predicted molar refractivity (Wildman–Crippen MR) is 97.9 cm³/mol. The molecule has 2 aromatic carbocycles. The van der Waals surface area contributed by atoms with Crippen LogP contribution >= 0.6 is 0 Å². The lowest BCUT2D eigenvalue weighted by Crippen LogP contribution is -2.19. The molecule has 0 saturated carbocycles. The van der Waals surface area contributed by atoms with Crippen LogP contribution in [0.4, 0.5) is 0 Å². The quantitative estimate of drug-likeness (QED) is 0.714. The molecule has 134 valence electrons. The van der Waals surface area contributed by atoms with Crippen LogP contribution in [0.25, 0.3) is 16.9 Å². The van der Waals surface area contributed by atoms with Crippen LogP contribution in [0.2, 0.25) is 0 Å². The molecule has 0 fully saturated rings. The van der Waals surface area contributed by atoms with E-state index in [0.717, 1.165) is 11.3 Å². The zero-order chi connectivity index (χ0) is 18.7. The molecule has 0 bridgehead atoms. The Morgan fingerprint density at radius 3 is 2.35 bits per heavy atom. The van der Waals surface area contributed by atoms with Gasteiger partial charge in [-0.3, -0.25) is 4.79 Å². The molecule has 0 saturated heterocycles. The molecular weight excluding hydrogens is 352 g/mol. The summed E-state index contributed by atoms with van der Waals surface area (Å²) in [6.07, 6.45) is 0. The number of rotatable bonds is 5. The van der Waals surface area contributed by atoms with Gasteiger partial charge in [0, 0.05) is 12.5 Å². The van der Waals surface area contributed by atoms with Gasteiger partial charge in [0.2, 0.25) is 15.9 Å². The molecule has 7 nitrogen and oxygen atoms in total. The standard InChI is InChI=1S/C18H18N4O3S/c1-13(23)20-12-15-11-18(14-5-3-2-4-6-14)22(21-15)16-7-9-17(10-8-16)26(19,24)25/h2-11H,12H2,1H3,(H,20,23)(H2,19,24,25). The molecule has 1 amide bonds. The highest BCUT2D eigenvalue weighted by atomic mass is 32.2. The van der Waals surface area contributed by atoms with Gasteiger partial charge < -0.3 is 5.32 Å². The summed E-state index contributed by atoms with van der Waals surface area (Å²) in [5, 5.41) is 12.4. The van der Waals surface area contributed by atoms with E-state index < -0.39 is 10.0 Å². The molecule has 0 unspecified atom stereocenters. The zero-order valence-electron chi connectivity index (χ0n) is 14.1. The number of nitrogens with two attached hydrogens (primary N) is 1. The predicted octanol–water partition coefficient (Wildman–Crippen LogP) is 1.82. The average Bonchev–Trinajstić information content (AvgIpc) is 3.04. The maximum absolute atomic E-state index is 11.4.